The van der Waals surface area contributed by atoms with Gasteiger partial charge in [-0.3, -0.25) is 4.79 Å². The van der Waals surface area contributed by atoms with Crippen molar-refractivity contribution in [1.82, 2.24) is 15.3 Å². The van der Waals surface area contributed by atoms with Crippen LogP contribution in [0.1, 0.15) is 16.1 Å². The molecule has 3 rings (SSSR count). The Morgan fingerprint density at radius 2 is 1.75 bits per heavy atom. The van der Waals surface area contributed by atoms with E-state index in [0.717, 1.165) is 5.56 Å². The lowest BCUT2D eigenvalue weighted by atomic mass is 10.1. The van der Waals surface area contributed by atoms with E-state index in [0.29, 0.717) is 11.4 Å². The van der Waals surface area contributed by atoms with Gasteiger partial charge in [-0.15, -0.1) is 0 Å². The Morgan fingerprint density at radius 3 is 2.50 bits per heavy atom. The second-order valence-electron chi connectivity index (χ2n) is 5.09. The molecule has 1 amide bonds. The number of hydrogen-bond acceptors (Lipinski definition) is 3. The Bertz CT molecular complexity index is 866. The van der Waals surface area contributed by atoms with Gasteiger partial charge in [0, 0.05) is 11.1 Å². The van der Waals surface area contributed by atoms with Crippen LogP contribution in [0.2, 0.25) is 0 Å². The van der Waals surface area contributed by atoms with E-state index in [1.54, 1.807) is 18.2 Å². The molecule has 4 nitrogen and oxygen atoms in total. The van der Waals surface area contributed by atoms with Crippen molar-refractivity contribution in [1.29, 1.82) is 0 Å². The van der Waals surface area contributed by atoms with Crippen molar-refractivity contribution in [2.75, 3.05) is 0 Å². The lowest BCUT2D eigenvalue weighted by Crippen LogP contribution is -2.23. The molecular formula is C18H13F2N3O. The Morgan fingerprint density at radius 1 is 0.958 bits per heavy atom. The number of nitrogens with zero attached hydrogens (tertiary/aromatic N) is 2. The van der Waals surface area contributed by atoms with Gasteiger partial charge in [-0.1, -0.05) is 6.07 Å². The maximum absolute atomic E-state index is 13.1. The first-order chi connectivity index (χ1) is 11.6. The fourth-order valence-electron chi connectivity index (χ4n) is 2.18. The van der Waals surface area contributed by atoms with Crippen molar-refractivity contribution >= 4 is 5.91 Å². The van der Waals surface area contributed by atoms with Crippen molar-refractivity contribution in [2.45, 2.75) is 6.54 Å². The molecule has 0 aliphatic heterocycles. The number of nitrogens with one attached hydrogen (secondary N) is 1. The zero-order valence-corrected chi connectivity index (χ0v) is 12.5. The summed E-state index contributed by atoms with van der Waals surface area (Å²) in [7, 11) is 0. The van der Waals surface area contributed by atoms with E-state index in [1.807, 2.05) is 0 Å². The highest BCUT2D eigenvalue weighted by molar-refractivity contribution is 5.94. The first-order valence-electron chi connectivity index (χ1n) is 7.22. The van der Waals surface area contributed by atoms with Crippen LogP contribution in [0.25, 0.3) is 11.3 Å². The molecule has 0 atom stereocenters. The number of carbonyl (C=O) groups is 1. The summed E-state index contributed by atoms with van der Waals surface area (Å²) in [5.41, 5.74) is 2.20. The molecule has 0 saturated carbocycles. The lowest BCUT2D eigenvalue weighted by molar-refractivity contribution is 0.0950. The minimum atomic E-state index is -0.469. The van der Waals surface area contributed by atoms with Gasteiger partial charge in [0.25, 0.3) is 5.91 Å². The van der Waals surface area contributed by atoms with Crippen LogP contribution in [-0.4, -0.2) is 15.9 Å². The van der Waals surface area contributed by atoms with E-state index in [9.17, 15) is 13.6 Å². The molecule has 1 N–H and O–H groups in total. The molecule has 3 aromatic rings. The number of rotatable bonds is 4. The number of hydrogen-bond donors (Lipinski definition) is 1. The molecule has 0 radical (unpaired) electrons. The zero-order chi connectivity index (χ0) is 16.9. The number of benzene rings is 2. The van der Waals surface area contributed by atoms with Gasteiger partial charge in [-0.25, -0.2) is 18.7 Å². The summed E-state index contributed by atoms with van der Waals surface area (Å²) >= 11 is 0. The predicted octanol–water partition coefficient (Wildman–Crippen LogP) is 3.35. The smallest absolute Gasteiger partial charge is 0.251 e. The normalized spacial score (nSPS) is 10.4. The molecule has 0 spiro atoms. The average molecular weight is 325 g/mol. The molecule has 0 saturated heterocycles. The van der Waals surface area contributed by atoms with Crippen LogP contribution >= 0.6 is 0 Å². The average Bonchev–Trinajstić information content (AvgIpc) is 2.60. The van der Waals surface area contributed by atoms with Gasteiger partial charge in [0.2, 0.25) is 0 Å². The summed E-state index contributed by atoms with van der Waals surface area (Å²) in [6.07, 6.45) is 1.38. The SMILES string of the molecule is O=C(NCc1cc(-c2ccc(F)cc2)ncn1)c1cccc(F)c1. The second kappa shape index (κ2) is 6.95. The number of aromatic nitrogens is 2. The van der Waals surface area contributed by atoms with Crippen LogP contribution in [0, 0.1) is 11.6 Å². The minimum absolute atomic E-state index is 0.173. The van der Waals surface area contributed by atoms with Crippen molar-refractivity contribution in [3.8, 4) is 11.3 Å². The van der Waals surface area contributed by atoms with E-state index in [1.165, 1.54) is 42.7 Å². The predicted molar refractivity (Wildman–Crippen MR) is 85.0 cm³/mol. The van der Waals surface area contributed by atoms with E-state index in [-0.39, 0.29) is 17.9 Å². The molecule has 0 fully saturated rings. The third-order valence-corrected chi connectivity index (χ3v) is 3.38. The van der Waals surface area contributed by atoms with Gasteiger partial charge in [-0.05, 0) is 48.5 Å². The van der Waals surface area contributed by atoms with E-state index in [4.69, 9.17) is 0 Å². The van der Waals surface area contributed by atoms with Gasteiger partial charge in [0.15, 0.2) is 0 Å². The van der Waals surface area contributed by atoms with E-state index < -0.39 is 11.7 Å². The molecule has 0 unspecified atom stereocenters. The topological polar surface area (TPSA) is 54.9 Å². The summed E-state index contributed by atoms with van der Waals surface area (Å²) in [5.74, 6) is -1.19. The maximum Gasteiger partial charge on any atom is 0.251 e. The Kier molecular flexibility index (Phi) is 4.56. The molecule has 0 bridgehead atoms. The van der Waals surface area contributed by atoms with Crippen LogP contribution in [-0.2, 0) is 6.54 Å². The Hall–Kier alpha value is -3.15. The highest BCUT2D eigenvalue weighted by atomic mass is 19.1. The fourth-order valence-corrected chi connectivity index (χ4v) is 2.18. The molecule has 0 aliphatic carbocycles. The standard InChI is InChI=1S/C18H13F2N3O/c19-14-6-4-12(5-7-14)17-9-16(22-11-23-17)10-21-18(24)13-2-1-3-15(20)8-13/h1-9,11H,10H2,(H,21,24). The summed E-state index contributed by atoms with van der Waals surface area (Å²) in [5, 5.41) is 2.67. The monoisotopic (exact) mass is 325 g/mol. The number of carbonyl (C=O) groups excluding carboxylic acids is 1. The van der Waals surface area contributed by atoms with Crippen LogP contribution < -0.4 is 5.32 Å². The van der Waals surface area contributed by atoms with Crippen LogP contribution in [0.4, 0.5) is 8.78 Å². The molecule has 120 valence electrons. The third-order valence-electron chi connectivity index (χ3n) is 3.38. The summed E-state index contributed by atoms with van der Waals surface area (Å²) in [6.45, 7) is 0.173. The third kappa shape index (κ3) is 3.78. The van der Waals surface area contributed by atoms with Gasteiger partial charge in [0.1, 0.15) is 18.0 Å². The molecule has 0 aliphatic rings. The van der Waals surface area contributed by atoms with Crippen molar-refractivity contribution in [2.24, 2.45) is 0 Å². The first-order valence-corrected chi connectivity index (χ1v) is 7.22. The van der Waals surface area contributed by atoms with E-state index >= 15 is 0 Å². The Labute approximate surface area is 137 Å². The highest BCUT2D eigenvalue weighted by Crippen LogP contribution is 2.17. The summed E-state index contributed by atoms with van der Waals surface area (Å²) in [4.78, 5) is 20.2. The molecule has 2 aromatic carbocycles. The van der Waals surface area contributed by atoms with Crippen LogP contribution in [0.3, 0.4) is 0 Å². The van der Waals surface area contributed by atoms with Gasteiger partial charge < -0.3 is 5.32 Å². The number of halogens is 2. The van der Waals surface area contributed by atoms with Crippen molar-refractivity contribution in [3.63, 3.8) is 0 Å². The van der Waals surface area contributed by atoms with Crippen molar-refractivity contribution < 1.29 is 13.6 Å². The van der Waals surface area contributed by atoms with Gasteiger partial charge in [-0.2, -0.15) is 0 Å². The van der Waals surface area contributed by atoms with E-state index in [2.05, 4.69) is 15.3 Å². The molecule has 24 heavy (non-hydrogen) atoms. The fraction of sp³-hybridized carbons (Fsp3) is 0.0556. The number of amides is 1. The second-order valence-corrected chi connectivity index (χ2v) is 5.09. The van der Waals surface area contributed by atoms with Gasteiger partial charge >= 0.3 is 0 Å². The molecule has 1 heterocycles. The van der Waals surface area contributed by atoms with Crippen LogP contribution in [0.15, 0.2) is 60.9 Å². The maximum atomic E-state index is 13.1. The molecule has 1 aromatic heterocycles. The quantitative estimate of drug-likeness (QED) is 0.800. The zero-order valence-electron chi connectivity index (χ0n) is 12.5. The Balaban J connectivity index is 1.71. The largest absolute Gasteiger partial charge is 0.346 e. The minimum Gasteiger partial charge on any atom is -0.346 e. The van der Waals surface area contributed by atoms with Crippen molar-refractivity contribution in [3.05, 3.63) is 83.8 Å². The first kappa shape index (κ1) is 15.7. The summed E-state index contributed by atoms with van der Waals surface area (Å²) < 4.78 is 26.1. The highest BCUT2D eigenvalue weighted by Gasteiger charge is 2.08. The van der Waals surface area contributed by atoms with Gasteiger partial charge in [0.05, 0.1) is 17.9 Å². The summed E-state index contributed by atoms with van der Waals surface area (Å²) in [6, 6.07) is 13.1. The molecular weight excluding hydrogens is 312 g/mol. The van der Waals surface area contributed by atoms with Crippen LogP contribution in [0.5, 0.6) is 0 Å². The molecule has 6 heteroatoms. The lowest BCUT2D eigenvalue weighted by Gasteiger charge is -2.06.